The minimum absolute atomic E-state index is 0.0989. The van der Waals surface area contributed by atoms with Crippen LogP contribution in [0, 0.1) is 12.7 Å². The molecule has 0 atom stereocenters. The van der Waals surface area contributed by atoms with Gasteiger partial charge in [-0.15, -0.1) is 0 Å². The third-order valence-corrected chi connectivity index (χ3v) is 3.87. The van der Waals surface area contributed by atoms with Crippen molar-refractivity contribution in [2.45, 2.75) is 26.8 Å². The number of aryl methyl sites for hydroxylation is 1. The van der Waals surface area contributed by atoms with Gasteiger partial charge in [0.15, 0.2) is 5.82 Å². The van der Waals surface area contributed by atoms with E-state index >= 15 is 0 Å². The first-order chi connectivity index (χ1) is 12.4. The van der Waals surface area contributed by atoms with E-state index in [1.165, 1.54) is 12.1 Å². The molecule has 7 nitrogen and oxygen atoms in total. The molecule has 0 aliphatic carbocycles. The first kappa shape index (κ1) is 17.5. The fourth-order valence-electron chi connectivity index (χ4n) is 2.71. The van der Waals surface area contributed by atoms with Gasteiger partial charge in [-0.25, -0.2) is 24.1 Å². The average Bonchev–Trinajstić information content (AvgIpc) is 2.98. The lowest BCUT2D eigenvalue weighted by molar-refractivity contribution is 0.0697. The van der Waals surface area contributed by atoms with E-state index < -0.39 is 11.8 Å². The summed E-state index contributed by atoms with van der Waals surface area (Å²) in [6.45, 7) is 5.83. The van der Waals surface area contributed by atoms with E-state index in [0.29, 0.717) is 11.4 Å². The molecule has 0 amide bonds. The number of imidazole rings is 1. The van der Waals surface area contributed by atoms with Crippen molar-refractivity contribution >= 4 is 17.6 Å². The van der Waals surface area contributed by atoms with Crippen molar-refractivity contribution in [1.82, 2.24) is 19.5 Å². The number of halogens is 1. The molecule has 26 heavy (non-hydrogen) atoms. The van der Waals surface area contributed by atoms with Gasteiger partial charge in [-0.2, -0.15) is 0 Å². The number of aromatic carboxylic acids is 1. The van der Waals surface area contributed by atoms with Gasteiger partial charge in [0.1, 0.15) is 11.5 Å². The Labute approximate surface area is 149 Å². The van der Waals surface area contributed by atoms with Gasteiger partial charge in [-0.1, -0.05) is 0 Å². The molecule has 0 saturated heterocycles. The SMILES string of the molecule is Cc1ncc(-c2nc(Nc3ccc(C(=O)O)cc3)ncc2F)n1C(C)C. The molecule has 0 spiro atoms. The van der Waals surface area contributed by atoms with E-state index in [1.807, 2.05) is 25.3 Å². The minimum Gasteiger partial charge on any atom is -0.478 e. The van der Waals surface area contributed by atoms with Crippen molar-refractivity contribution in [3.05, 3.63) is 53.9 Å². The normalized spacial score (nSPS) is 11.0. The van der Waals surface area contributed by atoms with Crippen LogP contribution >= 0.6 is 0 Å². The number of anilines is 2. The Hall–Kier alpha value is -3.29. The molecule has 1 aromatic carbocycles. The third-order valence-electron chi connectivity index (χ3n) is 3.87. The van der Waals surface area contributed by atoms with Gasteiger partial charge >= 0.3 is 5.97 Å². The van der Waals surface area contributed by atoms with E-state index in [-0.39, 0.29) is 23.2 Å². The van der Waals surface area contributed by atoms with Crippen molar-refractivity contribution < 1.29 is 14.3 Å². The van der Waals surface area contributed by atoms with Crippen molar-refractivity contribution in [3.63, 3.8) is 0 Å². The molecular formula is C18H18FN5O2. The van der Waals surface area contributed by atoms with Crippen molar-refractivity contribution in [2.75, 3.05) is 5.32 Å². The molecule has 0 fully saturated rings. The fourth-order valence-corrected chi connectivity index (χ4v) is 2.71. The van der Waals surface area contributed by atoms with E-state index in [4.69, 9.17) is 5.11 Å². The van der Waals surface area contributed by atoms with Crippen molar-refractivity contribution in [1.29, 1.82) is 0 Å². The van der Waals surface area contributed by atoms with Crippen LogP contribution in [0.2, 0.25) is 0 Å². The molecule has 0 radical (unpaired) electrons. The number of benzene rings is 1. The number of aromatic nitrogens is 4. The average molecular weight is 355 g/mol. The number of nitrogens with one attached hydrogen (secondary N) is 1. The van der Waals surface area contributed by atoms with Crippen LogP contribution in [-0.4, -0.2) is 30.6 Å². The molecule has 2 aromatic heterocycles. The molecule has 134 valence electrons. The third kappa shape index (κ3) is 3.39. The first-order valence-electron chi connectivity index (χ1n) is 8.04. The Morgan fingerprint density at radius 1 is 1.19 bits per heavy atom. The van der Waals surface area contributed by atoms with Gasteiger partial charge in [0.2, 0.25) is 5.95 Å². The maximum Gasteiger partial charge on any atom is 0.335 e. The van der Waals surface area contributed by atoms with Crippen LogP contribution in [0.3, 0.4) is 0 Å². The summed E-state index contributed by atoms with van der Waals surface area (Å²) in [7, 11) is 0. The highest BCUT2D eigenvalue weighted by Crippen LogP contribution is 2.26. The van der Waals surface area contributed by atoms with Crippen LogP contribution < -0.4 is 5.32 Å². The van der Waals surface area contributed by atoms with Gasteiger partial charge in [-0.05, 0) is 45.0 Å². The topological polar surface area (TPSA) is 92.9 Å². The lowest BCUT2D eigenvalue weighted by atomic mass is 10.2. The van der Waals surface area contributed by atoms with Crippen LogP contribution in [0.1, 0.15) is 36.1 Å². The Morgan fingerprint density at radius 2 is 1.88 bits per heavy atom. The molecule has 0 bridgehead atoms. The smallest absolute Gasteiger partial charge is 0.335 e. The summed E-state index contributed by atoms with van der Waals surface area (Å²) >= 11 is 0. The molecule has 0 aliphatic rings. The van der Waals surface area contributed by atoms with Gasteiger partial charge in [0.05, 0.1) is 23.7 Å². The Kier molecular flexibility index (Phi) is 4.66. The zero-order chi connectivity index (χ0) is 18.8. The summed E-state index contributed by atoms with van der Waals surface area (Å²) in [6.07, 6.45) is 2.69. The number of hydrogen-bond acceptors (Lipinski definition) is 5. The number of carbonyl (C=O) groups is 1. The van der Waals surface area contributed by atoms with Crippen molar-refractivity contribution in [2.24, 2.45) is 0 Å². The second kappa shape index (κ2) is 6.91. The quantitative estimate of drug-likeness (QED) is 0.723. The van der Waals surface area contributed by atoms with Crippen LogP contribution in [0.15, 0.2) is 36.7 Å². The summed E-state index contributed by atoms with van der Waals surface area (Å²) < 4.78 is 16.2. The van der Waals surface area contributed by atoms with Gasteiger partial charge < -0.3 is 15.0 Å². The molecule has 2 heterocycles. The lowest BCUT2D eigenvalue weighted by Crippen LogP contribution is -2.08. The highest BCUT2D eigenvalue weighted by atomic mass is 19.1. The van der Waals surface area contributed by atoms with E-state index in [1.54, 1.807) is 18.3 Å². The number of hydrogen-bond donors (Lipinski definition) is 2. The second-order valence-corrected chi connectivity index (χ2v) is 6.05. The van der Waals surface area contributed by atoms with Crippen LogP contribution in [0.25, 0.3) is 11.4 Å². The summed E-state index contributed by atoms with van der Waals surface area (Å²) in [5, 5.41) is 11.9. The summed E-state index contributed by atoms with van der Waals surface area (Å²) in [5.41, 5.74) is 1.49. The molecule has 3 rings (SSSR count). The first-order valence-corrected chi connectivity index (χ1v) is 8.04. The largest absolute Gasteiger partial charge is 0.478 e. The maximum absolute atomic E-state index is 14.3. The van der Waals surface area contributed by atoms with Crippen LogP contribution in [0.5, 0.6) is 0 Å². The van der Waals surface area contributed by atoms with E-state index in [9.17, 15) is 9.18 Å². The lowest BCUT2D eigenvalue weighted by Gasteiger charge is -2.14. The maximum atomic E-state index is 14.3. The number of carboxylic acids is 1. The minimum atomic E-state index is -1.01. The fraction of sp³-hybridized carbons (Fsp3) is 0.222. The number of carboxylic acid groups (broad SMARTS) is 1. The molecule has 8 heteroatoms. The molecule has 0 saturated carbocycles. The predicted octanol–water partition coefficient (Wildman–Crippen LogP) is 3.81. The summed E-state index contributed by atoms with van der Waals surface area (Å²) in [4.78, 5) is 23.4. The Morgan fingerprint density at radius 3 is 2.50 bits per heavy atom. The monoisotopic (exact) mass is 355 g/mol. The number of rotatable bonds is 5. The van der Waals surface area contributed by atoms with E-state index in [2.05, 4.69) is 20.3 Å². The van der Waals surface area contributed by atoms with Crippen LogP contribution in [-0.2, 0) is 0 Å². The highest BCUT2D eigenvalue weighted by molar-refractivity contribution is 5.88. The number of nitrogens with zero attached hydrogens (tertiary/aromatic N) is 4. The highest BCUT2D eigenvalue weighted by Gasteiger charge is 2.17. The van der Waals surface area contributed by atoms with E-state index in [0.717, 1.165) is 12.0 Å². The zero-order valence-corrected chi connectivity index (χ0v) is 14.6. The summed E-state index contributed by atoms with van der Waals surface area (Å²) in [5.74, 6) is -0.571. The van der Waals surface area contributed by atoms with Gasteiger partial charge in [0.25, 0.3) is 0 Å². The molecule has 2 N–H and O–H groups in total. The molecular weight excluding hydrogens is 337 g/mol. The molecule has 3 aromatic rings. The standard InChI is InChI=1S/C18H18FN5O2/c1-10(2)24-11(3)20-9-15(24)16-14(19)8-21-18(23-16)22-13-6-4-12(5-7-13)17(25)26/h4-10H,1-3H3,(H,25,26)(H,21,22,23). The van der Waals surface area contributed by atoms with Gasteiger partial charge in [0, 0.05) is 11.7 Å². The molecule has 0 unspecified atom stereocenters. The van der Waals surface area contributed by atoms with Crippen LogP contribution in [0.4, 0.5) is 16.0 Å². The summed E-state index contributed by atoms with van der Waals surface area (Å²) in [6, 6.07) is 6.22. The zero-order valence-electron chi connectivity index (χ0n) is 14.6. The Balaban J connectivity index is 1.94. The molecule has 0 aliphatic heterocycles. The predicted molar refractivity (Wildman–Crippen MR) is 95.0 cm³/mol. The van der Waals surface area contributed by atoms with Gasteiger partial charge in [-0.3, -0.25) is 0 Å². The van der Waals surface area contributed by atoms with Crippen molar-refractivity contribution in [3.8, 4) is 11.4 Å². The second-order valence-electron chi connectivity index (χ2n) is 6.05. The Bertz CT molecular complexity index is 951.